The van der Waals surface area contributed by atoms with Crippen LogP contribution in [-0.4, -0.2) is 60.8 Å². The molecule has 2 aromatic carbocycles. The molecule has 2 N–H and O–H groups in total. The Labute approximate surface area is 252 Å². The highest BCUT2D eigenvalue weighted by atomic mass is 16.6. The number of rotatable bonds is 13. The maximum Gasteiger partial charge on any atom is 0.306 e. The molecule has 2 atom stereocenters. The molecule has 2 saturated heterocycles. The second-order valence-corrected chi connectivity index (χ2v) is 10.4. The molecule has 0 aromatic heterocycles. The zero-order valence-corrected chi connectivity index (χ0v) is 25.6. The number of hydrogen-bond acceptors (Lipinski definition) is 8. The molecule has 2 fully saturated rings. The van der Waals surface area contributed by atoms with E-state index in [1.165, 1.54) is 0 Å². The van der Waals surface area contributed by atoms with Crippen molar-refractivity contribution in [3.8, 4) is 0 Å². The summed E-state index contributed by atoms with van der Waals surface area (Å²) in [5, 5.41) is 17.2. The number of benzene rings is 2. The van der Waals surface area contributed by atoms with Gasteiger partial charge in [0, 0.05) is 19.4 Å². The smallest absolute Gasteiger partial charge is 0.306 e. The van der Waals surface area contributed by atoms with Gasteiger partial charge in [-0.1, -0.05) is 79.9 Å². The zero-order chi connectivity index (χ0) is 30.7. The molecular weight excluding hydrogens is 536 g/mol. The summed E-state index contributed by atoms with van der Waals surface area (Å²) >= 11 is 0. The lowest BCUT2D eigenvalue weighted by atomic mass is 10.1. The van der Waals surface area contributed by atoms with Crippen molar-refractivity contribution < 1.29 is 38.7 Å². The highest BCUT2D eigenvalue weighted by Crippen LogP contribution is 2.08. The van der Waals surface area contributed by atoms with E-state index in [1.807, 2.05) is 67.6 Å². The Balaban J connectivity index is 0.000000352. The fourth-order valence-corrected chi connectivity index (χ4v) is 3.63. The van der Waals surface area contributed by atoms with Gasteiger partial charge in [0.2, 0.25) is 0 Å². The molecule has 8 heteroatoms. The number of aliphatic hydroxyl groups excluding tert-OH is 2. The molecule has 2 aliphatic heterocycles. The minimum atomic E-state index is -0.217. The van der Waals surface area contributed by atoms with Gasteiger partial charge >= 0.3 is 11.9 Å². The summed E-state index contributed by atoms with van der Waals surface area (Å²) in [5.41, 5.74) is 2.08. The van der Waals surface area contributed by atoms with Crippen molar-refractivity contribution in [1.82, 2.24) is 0 Å². The van der Waals surface area contributed by atoms with Gasteiger partial charge in [0.05, 0.1) is 39.1 Å². The van der Waals surface area contributed by atoms with Crippen molar-refractivity contribution in [2.45, 2.75) is 103 Å². The van der Waals surface area contributed by atoms with Gasteiger partial charge in [0.15, 0.2) is 0 Å². The third-order valence-electron chi connectivity index (χ3n) is 6.15. The Morgan fingerprint density at radius 2 is 1.50 bits per heavy atom. The van der Waals surface area contributed by atoms with Crippen LogP contribution in [0.1, 0.15) is 89.2 Å². The van der Waals surface area contributed by atoms with E-state index in [2.05, 4.69) is 6.92 Å². The van der Waals surface area contributed by atoms with E-state index in [-0.39, 0.29) is 31.3 Å². The Morgan fingerprint density at radius 1 is 0.905 bits per heavy atom. The first-order valence-corrected chi connectivity index (χ1v) is 15.3. The van der Waals surface area contributed by atoms with E-state index in [1.54, 1.807) is 0 Å². The number of cyclic esters (lactones) is 1. The summed E-state index contributed by atoms with van der Waals surface area (Å²) in [5.74, 6) is -0.180. The van der Waals surface area contributed by atoms with Crippen molar-refractivity contribution in [2.75, 3.05) is 26.4 Å². The first-order valence-electron chi connectivity index (χ1n) is 15.3. The summed E-state index contributed by atoms with van der Waals surface area (Å²) in [6.07, 6.45) is 9.44. The molecule has 2 aromatic rings. The van der Waals surface area contributed by atoms with Crippen molar-refractivity contribution in [1.29, 1.82) is 0 Å². The summed E-state index contributed by atoms with van der Waals surface area (Å²) in [4.78, 5) is 22.1. The molecule has 4 rings (SSSR count). The Hall–Kier alpha value is -2.78. The second-order valence-electron chi connectivity index (χ2n) is 10.4. The molecular formula is C34H52O8. The minimum absolute atomic E-state index is 0.0255. The van der Waals surface area contributed by atoms with E-state index in [4.69, 9.17) is 29.2 Å². The summed E-state index contributed by atoms with van der Waals surface area (Å²) in [6.45, 7) is 6.87. The molecule has 8 nitrogen and oxygen atoms in total. The highest BCUT2D eigenvalue weighted by Gasteiger charge is 2.13. The lowest BCUT2D eigenvalue weighted by Crippen LogP contribution is -2.20. The van der Waals surface area contributed by atoms with Crippen molar-refractivity contribution in [3.63, 3.8) is 0 Å². The lowest BCUT2D eigenvalue weighted by molar-refractivity contribution is -0.151. The fraction of sp³-hybridized carbons (Fsp3) is 0.588. The number of ether oxygens (including phenoxy) is 4. The Bertz CT molecular complexity index is 892. The summed E-state index contributed by atoms with van der Waals surface area (Å²) in [6, 6.07) is 19.5. The summed E-state index contributed by atoms with van der Waals surface area (Å²) < 4.78 is 20.3. The maximum absolute atomic E-state index is 11.7. The quantitative estimate of drug-likeness (QED) is 0.163. The van der Waals surface area contributed by atoms with Gasteiger partial charge < -0.3 is 29.2 Å². The molecule has 2 aliphatic rings. The molecule has 0 radical (unpaired) electrons. The number of carbonyl (C=O) groups is 2. The van der Waals surface area contributed by atoms with Gasteiger partial charge in [-0.15, -0.1) is 0 Å². The van der Waals surface area contributed by atoms with E-state index in [0.717, 1.165) is 69.1 Å². The number of epoxide rings is 1. The number of unbranched alkanes of at least 4 members (excludes halogenated alkanes) is 4. The zero-order valence-electron chi connectivity index (χ0n) is 25.6. The Kier molecular flexibility index (Phi) is 23.0. The van der Waals surface area contributed by atoms with E-state index in [9.17, 15) is 9.59 Å². The molecule has 0 aliphatic carbocycles. The van der Waals surface area contributed by atoms with Crippen LogP contribution in [0.4, 0.5) is 0 Å². The van der Waals surface area contributed by atoms with E-state index >= 15 is 0 Å². The predicted molar refractivity (Wildman–Crippen MR) is 164 cm³/mol. The van der Waals surface area contributed by atoms with Gasteiger partial charge in [-0.2, -0.15) is 0 Å². The maximum atomic E-state index is 11.7. The Morgan fingerprint density at radius 3 is 2.07 bits per heavy atom. The number of carbonyl (C=O) groups excluding carboxylic acids is 2. The van der Waals surface area contributed by atoms with Crippen LogP contribution in [0.15, 0.2) is 60.7 Å². The van der Waals surface area contributed by atoms with Gasteiger partial charge in [-0.25, -0.2) is 0 Å². The van der Waals surface area contributed by atoms with Crippen LogP contribution in [0.2, 0.25) is 0 Å². The monoisotopic (exact) mass is 588 g/mol. The average molecular weight is 589 g/mol. The molecule has 0 saturated carbocycles. The van der Waals surface area contributed by atoms with Gasteiger partial charge in [0.1, 0.15) is 6.10 Å². The molecule has 0 spiro atoms. The first kappa shape index (κ1) is 37.2. The fourth-order valence-electron chi connectivity index (χ4n) is 3.63. The predicted octanol–water partition coefficient (Wildman–Crippen LogP) is 6.16. The second kappa shape index (κ2) is 25.9. The number of aliphatic hydroxyl groups is 2. The normalized spacial score (nSPS) is 16.0. The van der Waals surface area contributed by atoms with Crippen molar-refractivity contribution in [3.05, 3.63) is 71.8 Å². The summed E-state index contributed by atoms with van der Waals surface area (Å²) in [7, 11) is 0. The largest absolute Gasteiger partial charge is 0.466 e. The molecule has 42 heavy (non-hydrogen) atoms. The standard InChI is InChI=1S/C18H28O4.C7H8O.C6H10O2.C3H6O/c1-16(14-21-15-17-10-6-5-7-11-17)22-18(20)12-8-3-2-4-9-13-19;8-6-7-4-2-1-3-5-7;7-6-4-2-1-3-5-8-6;1-3-2-4-3/h5-7,10-11,16,19H,2-4,8-9,12-15H2,1H3;1-5,8H,6H2;1-5H2;3H,2H2,1H3. The van der Waals surface area contributed by atoms with Crippen LogP contribution in [0.3, 0.4) is 0 Å². The van der Waals surface area contributed by atoms with Crippen LogP contribution in [0.5, 0.6) is 0 Å². The third-order valence-corrected chi connectivity index (χ3v) is 6.15. The van der Waals surface area contributed by atoms with Crippen LogP contribution in [0.25, 0.3) is 0 Å². The van der Waals surface area contributed by atoms with E-state index < -0.39 is 0 Å². The molecule has 2 unspecified atom stereocenters. The third kappa shape index (κ3) is 23.9. The van der Waals surface area contributed by atoms with Gasteiger partial charge in [-0.3, -0.25) is 9.59 Å². The highest BCUT2D eigenvalue weighted by molar-refractivity contribution is 5.69. The topological polar surface area (TPSA) is 115 Å². The molecule has 2 heterocycles. The average Bonchev–Trinajstić information content (AvgIpc) is 3.83. The first-order chi connectivity index (χ1) is 20.4. The van der Waals surface area contributed by atoms with Gasteiger partial charge in [0.25, 0.3) is 0 Å². The van der Waals surface area contributed by atoms with Crippen molar-refractivity contribution >= 4 is 11.9 Å². The SMILES string of the molecule is CC(COCc1ccccc1)OC(=O)CCCCCCCO.CC1CO1.O=C1CCCCCO1.OCc1ccccc1. The molecule has 0 amide bonds. The van der Waals surface area contributed by atoms with Crippen molar-refractivity contribution in [2.24, 2.45) is 0 Å². The number of esters is 2. The number of hydrogen-bond donors (Lipinski definition) is 2. The van der Waals surface area contributed by atoms with Gasteiger partial charge in [-0.05, 0) is 57.1 Å². The van der Waals surface area contributed by atoms with Crippen LogP contribution in [-0.2, 0) is 41.8 Å². The van der Waals surface area contributed by atoms with Crippen LogP contribution < -0.4 is 0 Å². The molecule has 236 valence electrons. The molecule has 0 bridgehead atoms. The van der Waals surface area contributed by atoms with Crippen LogP contribution >= 0.6 is 0 Å². The van der Waals surface area contributed by atoms with E-state index in [0.29, 0.717) is 38.8 Å². The minimum Gasteiger partial charge on any atom is -0.466 e. The van der Waals surface area contributed by atoms with Crippen LogP contribution in [0, 0.1) is 0 Å². The lowest BCUT2D eigenvalue weighted by Gasteiger charge is -2.13.